The molecule has 25 heavy (non-hydrogen) atoms. The third kappa shape index (κ3) is 4.51. The zero-order chi connectivity index (χ0) is 17.5. The van der Waals surface area contributed by atoms with E-state index in [2.05, 4.69) is 23.7 Å². The number of hydrogen-bond acceptors (Lipinski definition) is 2. The standard InChI is InChI=1S/C22H22N2O/c1-2-16-23-21-13-7-6-12-20(21)22(25)24(19-14-15-19)17-8-11-18-9-4-3-5-10-18/h2-7,9-10,12-13,19,23H,1,14-17H2. The van der Waals surface area contributed by atoms with Crippen LogP contribution in [0.2, 0.25) is 0 Å². The van der Waals surface area contributed by atoms with E-state index in [4.69, 9.17) is 0 Å². The monoisotopic (exact) mass is 330 g/mol. The Bertz CT molecular complexity index is 798. The maximum absolute atomic E-state index is 13.0. The van der Waals surface area contributed by atoms with E-state index in [9.17, 15) is 4.79 Å². The van der Waals surface area contributed by atoms with Gasteiger partial charge in [0.25, 0.3) is 5.91 Å². The Morgan fingerprint density at radius 1 is 1.16 bits per heavy atom. The van der Waals surface area contributed by atoms with Crippen molar-refractivity contribution in [3.8, 4) is 11.8 Å². The van der Waals surface area contributed by atoms with Gasteiger partial charge in [-0.2, -0.15) is 0 Å². The highest BCUT2D eigenvalue weighted by atomic mass is 16.2. The van der Waals surface area contributed by atoms with Crippen molar-refractivity contribution in [2.75, 3.05) is 18.4 Å². The molecule has 2 aromatic rings. The van der Waals surface area contributed by atoms with Crippen molar-refractivity contribution in [2.24, 2.45) is 0 Å². The average molecular weight is 330 g/mol. The van der Waals surface area contributed by atoms with Crippen LogP contribution in [0.3, 0.4) is 0 Å². The molecule has 1 fully saturated rings. The van der Waals surface area contributed by atoms with Crippen molar-refractivity contribution in [3.63, 3.8) is 0 Å². The lowest BCUT2D eigenvalue weighted by Gasteiger charge is -2.21. The predicted molar refractivity (Wildman–Crippen MR) is 103 cm³/mol. The lowest BCUT2D eigenvalue weighted by molar-refractivity contribution is 0.0766. The number of carbonyl (C=O) groups excluding carboxylic acids is 1. The highest BCUT2D eigenvalue weighted by Gasteiger charge is 2.33. The molecular formula is C22H22N2O. The minimum atomic E-state index is 0.0389. The molecule has 0 spiro atoms. The van der Waals surface area contributed by atoms with Crippen LogP contribution in [0.4, 0.5) is 5.69 Å². The zero-order valence-electron chi connectivity index (χ0n) is 14.2. The van der Waals surface area contributed by atoms with E-state index in [0.717, 1.165) is 24.1 Å². The Kier molecular flexibility index (Phi) is 5.53. The number of hydrogen-bond donors (Lipinski definition) is 1. The van der Waals surface area contributed by atoms with E-state index in [0.29, 0.717) is 24.7 Å². The predicted octanol–water partition coefficient (Wildman–Crippen LogP) is 3.94. The number of para-hydroxylation sites is 1. The number of nitrogens with one attached hydrogen (secondary N) is 1. The molecule has 1 saturated carbocycles. The molecule has 0 bridgehead atoms. The van der Waals surface area contributed by atoms with Gasteiger partial charge in [0.05, 0.1) is 12.1 Å². The Morgan fingerprint density at radius 3 is 2.60 bits per heavy atom. The van der Waals surface area contributed by atoms with Gasteiger partial charge in [-0.25, -0.2) is 0 Å². The highest BCUT2D eigenvalue weighted by Crippen LogP contribution is 2.29. The minimum Gasteiger partial charge on any atom is -0.381 e. The van der Waals surface area contributed by atoms with E-state index in [1.54, 1.807) is 6.08 Å². The lowest BCUT2D eigenvalue weighted by Crippen LogP contribution is -2.34. The first kappa shape index (κ1) is 16.9. The van der Waals surface area contributed by atoms with Crippen molar-refractivity contribution in [2.45, 2.75) is 18.9 Å². The number of anilines is 1. The summed E-state index contributed by atoms with van der Waals surface area (Å²) >= 11 is 0. The first-order valence-corrected chi connectivity index (χ1v) is 8.58. The van der Waals surface area contributed by atoms with Gasteiger partial charge < -0.3 is 10.2 Å². The normalized spacial score (nSPS) is 12.6. The van der Waals surface area contributed by atoms with E-state index < -0.39 is 0 Å². The first-order valence-electron chi connectivity index (χ1n) is 8.58. The number of benzene rings is 2. The molecule has 0 aromatic heterocycles. The quantitative estimate of drug-likeness (QED) is 0.643. The Labute approximate surface area is 149 Å². The minimum absolute atomic E-state index is 0.0389. The van der Waals surface area contributed by atoms with Crippen LogP contribution in [0, 0.1) is 11.8 Å². The van der Waals surface area contributed by atoms with Crippen molar-refractivity contribution in [3.05, 3.63) is 78.4 Å². The number of amides is 1. The van der Waals surface area contributed by atoms with E-state index in [1.165, 1.54) is 0 Å². The van der Waals surface area contributed by atoms with E-state index in [1.807, 2.05) is 59.5 Å². The maximum atomic E-state index is 13.0. The fourth-order valence-corrected chi connectivity index (χ4v) is 2.66. The summed E-state index contributed by atoms with van der Waals surface area (Å²) in [5.74, 6) is 6.33. The first-order chi connectivity index (χ1) is 12.3. The van der Waals surface area contributed by atoms with Crippen molar-refractivity contribution >= 4 is 11.6 Å². The Hall–Kier alpha value is -2.99. The summed E-state index contributed by atoms with van der Waals surface area (Å²) in [6.07, 6.45) is 3.90. The zero-order valence-corrected chi connectivity index (χ0v) is 14.2. The Morgan fingerprint density at radius 2 is 1.88 bits per heavy atom. The third-order valence-electron chi connectivity index (χ3n) is 4.10. The molecule has 0 heterocycles. The van der Waals surface area contributed by atoms with Crippen molar-refractivity contribution < 1.29 is 4.79 Å². The number of carbonyl (C=O) groups is 1. The molecule has 0 aliphatic heterocycles. The summed E-state index contributed by atoms with van der Waals surface area (Å²) in [5, 5.41) is 3.24. The van der Waals surface area contributed by atoms with Gasteiger partial charge in [0, 0.05) is 23.8 Å². The van der Waals surface area contributed by atoms with Crippen LogP contribution in [0.5, 0.6) is 0 Å². The highest BCUT2D eigenvalue weighted by molar-refractivity contribution is 6.00. The molecule has 1 amide bonds. The Balaban J connectivity index is 1.76. The van der Waals surface area contributed by atoms with Crippen LogP contribution in [0.1, 0.15) is 28.8 Å². The summed E-state index contributed by atoms with van der Waals surface area (Å²) in [7, 11) is 0. The summed E-state index contributed by atoms with van der Waals surface area (Å²) in [6.45, 7) is 4.80. The van der Waals surface area contributed by atoms with E-state index in [-0.39, 0.29) is 5.91 Å². The molecule has 1 aliphatic carbocycles. The molecule has 126 valence electrons. The molecule has 0 unspecified atom stereocenters. The second-order valence-corrected chi connectivity index (χ2v) is 6.05. The summed E-state index contributed by atoms with van der Waals surface area (Å²) in [6, 6.07) is 17.8. The van der Waals surface area contributed by atoms with Crippen LogP contribution in [-0.4, -0.2) is 29.9 Å². The fraction of sp³-hybridized carbons (Fsp3) is 0.227. The topological polar surface area (TPSA) is 32.3 Å². The van der Waals surface area contributed by atoms with Gasteiger partial charge in [0.15, 0.2) is 0 Å². The van der Waals surface area contributed by atoms with Gasteiger partial charge in [-0.1, -0.05) is 48.2 Å². The summed E-state index contributed by atoms with van der Waals surface area (Å²) in [5.41, 5.74) is 2.51. The van der Waals surface area contributed by atoms with Gasteiger partial charge in [-0.3, -0.25) is 4.79 Å². The molecule has 1 N–H and O–H groups in total. The lowest BCUT2D eigenvalue weighted by atomic mass is 10.1. The molecule has 3 heteroatoms. The van der Waals surface area contributed by atoms with Gasteiger partial charge in [-0.15, -0.1) is 6.58 Å². The maximum Gasteiger partial charge on any atom is 0.256 e. The molecule has 3 rings (SSSR count). The van der Waals surface area contributed by atoms with Gasteiger partial charge in [0.2, 0.25) is 0 Å². The van der Waals surface area contributed by atoms with E-state index >= 15 is 0 Å². The number of rotatable bonds is 6. The van der Waals surface area contributed by atoms with Gasteiger partial charge in [-0.05, 0) is 37.1 Å². The molecule has 0 radical (unpaired) electrons. The molecule has 0 saturated heterocycles. The van der Waals surface area contributed by atoms with Gasteiger partial charge in [0.1, 0.15) is 0 Å². The summed E-state index contributed by atoms with van der Waals surface area (Å²) < 4.78 is 0. The number of nitrogens with zero attached hydrogens (tertiary/aromatic N) is 1. The third-order valence-corrected chi connectivity index (χ3v) is 4.10. The van der Waals surface area contributed by atoms with Crippen LogP contribution >= 0.6 is 0 Å². The van der Waals surface area contributed by atoms with Crippen LogP contribution in [0.15, 0.2) is 67.3 Å². The molecular weight excluding hydrogens is 308 g/mol. The second-order valence-electron chi connectivity index (χ2n) is 6.05. The molecule has 3 nitrogen and oxygen atoms in total. The smallest absolute Gasteiger partial charge is 0.256 e. The summed E-state index contributed by atoms with van der Waals surface area (Å²) in [4.78, 5) is 14.9. The molecule has 2 aromatic carbocycles. The van der Waals surface area contributed by atoms with Crippen molar-refractivity contribution in [1.29, 1.82) is 0 Å². The van der Waals surface area contributed by atoms with Crippen molar-refractivity contribution in [1.82, 2.24) is 4.90 Å². The van der Waals surface area contributed by atoms with Crippen LogP contribution in [-0.2, 0) is 0 Å². The molecule has 1 aliphatic rings. The van der Waals surface area contributed by atoms with Crippen LogP contribution < -0.4 is 5.32 Å². The molecule has 0 atom stereocenters. The van der Waals surface area contributed by atoms with Gasteiger partial charge >= 0.3 is 0 Å². The SMILES string of the molecule is C=CCNc1ccccc1C(=O)N(CC#Cc1ccccc1)C1CC1. The average Bonchev–Trinajstić information content (AvgIpc) is 3.49. The van der Waals surface area contributed by atoms with Crippen LogP contribution in [0.25, 0.3) is 0 Å². The fourth-order valence-electron chi connectivity index (χ4n) is 2.66. The largest absolute Gasteiger partial charge is 0.381 e. The second kappa shape index (κ2) is 8.21.